The normalized spacial score (nSPS) is 20.8. The van der Waals surface area contributed by atoms with Crippen LogP contribution in [0.2, 0.25) is 0 Å². The van der Waals surface area contributed by atoms with Crippen molar-refractivity contribution in [3.63, 3.8) is 0 Å². The van der Waals surface area contributed by atoms with Gasteiger partial charge in [0.2, 0.25) is 5.91 Å². The summed E-state index contributed by atoms with van der Waals surface area (Å²) in [5.74, 6) is 1.26. The molecular weight excluding hydrogens is 444 g/mol. The van der Waals surface area contributed by atoms with E-state index in [0.717, 1.165) is 29.5 Å². The predicted octanol–water partition coefficient (Wildman–Crippen LogP) is 2.41. The number of hydrazone groups is 1. The molecule has 2 aliphatic rings. The quantitative estimate of drug-likeness (QED) is 0.583. The fourth-order valence-electron chi connectivity index (χ4n) is 4.60. The Hall–Kier alpha value is -4.08. The van der Waals surface area contributed by atoms with Gasteiger partial charge in [0.1, 0.15) is 17.3 Å². The molecule has 1 aliphatic carbocycles. The lowest BCUT2D eigenvalue weighted by Crippen LogP contribution is -2.22. The topological polar surface area (TPSA) is 130 Å². The van der Waals surface area contributed by atoms with Crippen molar-refractivity contribution in [2.75, 3.05) is 38.7 Å². The van der Waals surface area contributed by atoms with Gasteiger partial charge in [-0.3, -0.25) is 19.6 Å². The molecule has 0 saturated heterocycles. The molecule has 2 amide bonds. The Bertz CT molecular complexity index is 1370. The summed E-state index contributed by atoms with van der Waals surface area (Å²) >= 11 is 0. The summed E-state index contributed by atoms with van der Waals surface area (Å²) in [7, 11) is 5.32. The summed E-state index contributed by atoms with van der Waals surface area (Å²) in [6.45, 7) is 2.76. The molecule has 4 heterocycles. The average molecular weight is 473 g/mol. The van der Waals surface area contributed by atoms with Crippen LogP contribution in [0.15, 0.2) is 35.7 Å². The fourth-order valence-corrected chi connectivity index (χ4v) is 4.60. The number of carbonyl (C=O) groups is 2. The van der Waals surface area contributed by atoms with E-state index in [1.165, 1.54) is 4.90 Å². The number of aromatic nitrogens is 3. The molecule has 3 aromatic rings. The van der Waals surface area contributed by atoms with Crippen LogP contribution in [0, 0.1) is 24.7 Å². The number of rotatable bonds is 5. The van der Waals surface area contributed by atoms with Crippen molar-refractivity contribution in [2.45, 2.75) is 13.3 Å². The van der Waals surface area contributed by atoms with E-state index in [0.29, 0.717) is 40.2 Å². The molecule has 0 aromatic carbocycles. The minimum absolute atomic E-state index is 0.0201. The van der Waals surface area contributed by atoms with Crippen molar-refractivity contribution >= 4 is 40.4 Å². The Kier molecular flexibility index (Phi) is 5.58. The Labute approximate surface area is 203 Å². The third-order valence-electron chi connectivity index (χ3n) is 6.67. The largest absolute Gasteiger partial charge is 0.383 e. The molecule has 180 valence electrons. The summed E-state index contributed by atoms with van der Waals surface area (Å²) < 4.78 is 0. The SMILES string of the molecule is Cc1cc(C(=O)N(C)C)ncc1-c1cc2cc(NC(=O)[C@H]3C[C@@H]3C3C=NN(C)C3)ncc2c(N)n1. The molecular formula is C25H28N8O2. The third kappa shape index (κ3) is 4.39. The lowest BCUT2D eigenvalue weighted by molar-refractivity contribution is -0.117. The number of anilines is 2. The second-order valence-electron chi connectivity index (χ2n) is 9.53. The summed E-state index contributed by atoms with van der Waals surface area (Å²) in [5, 5.41) is 10.7. The molecule has 1 aliphatic heterocycles. The van der Waals surface area contributed by atoms with Crippen molar-refractivity contribution in [1.82, 2.24) is 24.9 Å². The molecule has 0 radical (unpaired) electrons. The van der Waals surface area contributed by atoms with E-state index in [1.54, 1.807) is 32.6 Å². The highest BCUT2D eigenvalue weighted by atomic mass is 16.2. The van der Waals surface area contributed by atoms with E-state index in [2.05, 4.69) is 25.4 Å². The van der Waals surface area contributed by atoms with Crippen molar-refractivity contribution < 1.29 is 9.59 Å². The van der Waals surface area contributed by atoms with Gasteiger partial charge < -0.3 is 16.0 Å². The summed E-state index contributed by atoms with van der Waals surface area (Å²) in [6.07, 6.45) is 6.08. The first-order valence-corrected chi connectivity index (χ1v) is 11.5. The van der Waals surface area contributed by atoms with Crippen LogP contribution in [-0.2, 0) is 4.79 Å². The minimum atomic E-state index is -0.165. The molecule has 1 unspecified atom stereocenters. The van der Waals surface area contributed by atoms with Gasteiger partial charge in [-0.05, 0) is 48.4 Å². The first kappa shape index (κ1) is 22.7. The molecule has 1 fully saturated rings. The van der Waals surface area contributed by atoms with E-state index >= 15 is 0 Å². The molecule has 3 atom stereocenters. The van der Waals surface area contributed by atoms with Crippen molar-refractivity contribution in [3.8, 4) is 11.3 Å². The number of nitrogen functional groups attached to an aromatic ring is 1. The highest BCUT2D eigenvalue weighted by molar-refractivity contribution is 5.99. The monoisotopic (exact) mass is 472 g/mol. The lowest BCUT2D eigenvalue weighted by Gasteiger charge is -2.13. The Morgan fingerprint density at radius 3 is 2.66 bits per heavy atom. The number of nitrogens with zero attached hydrogens (tertiary/aromatic N) is 6. The van der Waals surface area contributed by atoms with E-state index in [9.17, 15) is 9.59 Å². The molecule has 3 N–H and O–H groups in total. The lowest BCUT2D eigenvalue weighted by atomic mass is 10.0. The van der Waals surface area contributed by atoms with E-state index in [4.69, 9.17) is 5.73 Å². The second kappa shape index (κ2) is 8.61. The summed E-state index contributed by atoms with van der Waals surface area (Å²) in [6, 6.07) is 5.45. The van der Waals surface area contributed by atoms with Crippen LogP contribution in [0.1, 0.15) is 22.5 Å². The second-order valence-corrected chi connectivity index (χ2v) is 9.53. The van der Waals surface area contributed by atoms with Gasteiger partial charge >= 0.3 is 0 Å². The molecule has 1 saturated carbocycles. The van der Waals surface area contributed by atoms with E-state index < -0.39 is 0 Å². The predicted molar refractivity (Wildman–Crippen MR) is 135 cm³/mol. The smallest absolute Gasteiger partial charge is 0.271 e. The van der Waals surface area contributed by atoms with Crippen LogP contribution < -0.4 is 11.1 Å². The number of hydrogen-bond donors (Lipinski definition) is 2. The number of nitrogens with one attached hydrogen (secondary N) is 1. The first-order valence-electron chi connectivity index (χ1n) is 11.5. The number of aryl methyl sites for hydroxylation is 1. The van der Waals surface area contributed by atoms with Gasteiger partial charge in [0.05, 0.1) is 5.69 Å². The van der Waals surface area contributed by atoms with Gasteiger partial charge in [0.15, 0.2) is 0 Å². The number of nitrogens with two attached hydrogens (primary N) is 1. The van der Waals surface area contributed by atoms with Crippen LogP contribution in [-0.4, -0.2) is 70.6 Å². The number of fused-ring (bicyclic) bond motifs is 1. The van der Waals surface area contributed by atoms with Gasteiger partial charge in [-0.2, -0.15) is 5.10 Å². The molecule has 3 aromatic heterocycles. The van der Waals surface area contributed by atoms with Gasteiger partial charge in [-0.1, -0.05) is 0 Å². The molecule has 10 heteroatoms. The van der Waals surface area contributed by atoms with Crippen LogP contribution in [0.25, 0.3) is 22.0 Å². The molecule has 10 nitrogen and oxygen atoms in total. The van der Waals surface area contributed by atoms with Gasteiger partial charge in [-0.25, -0.2) is 9.97 Å². The van der Waals surface area contributed by atoms with Crippen LogP contribution in [0.4, 0.5) is 11.6 Å². The average Bonchev–Trinajstić information content (AvgIpc) is 3.51. The molecule has 0 bridgehead atoms. The summed E-state index contributed by atoms with van der Waals surface area (Å²) in [4.78, 5) is 39.8. The number of carbonyl (C=O) groups excluding carboxylic acids is 2. The third-order valence-corrected chi connectivity index (χ3v) is 6.67. The van der Waals surface area contributed by atoms with Crippen LogP contribution >= 0.6 is 0 Å². The Morgan fingerprint density at radius 2 is 1.97 bits per heavy atom. The molecule has 5 rings (SSSR count). The number of amides is 2. The van der Waals surface area contributed by atoms with Gasteiger partial charge in [0.25, 0.3) is 5.91 Å². The molecule has 0 spiro atoms. The zero-order chi connectivity index (χ0) is 24.9. The van der Waals surface area contributed by atoms with Crippen molar-refractivity contribution in [2.24, 2.45) is 22.9 Å². The number of hydrogen-bond acceptors (Lipinski definition) is 8. The zero-order valence-electron chi connectivity index (χ0n) is 20.2. The maximum absolute atomic E-state index is 12.8. The summed E-state index contributed by atoms with van der Waals surface area (Å²) in [5.41, 5.74) is 8.88. The highest BCUT2D eigenvalue weighted by Gasteiger charge is 2.48. The van der Waals surface area contributed by atoms with Crippen LogP contribution in [0.3, 0.4) is 0 Å². The van der Waals surface area contributed by atoms with Crippen molar-refractivity contribution in [1.29, 1.82) is 0 Å². The standard InChI is InChI=1S/C25H28N8O2/c1-13-5-21(25(35)32(2)3)27-10-18(13)20-6-14-7-22(28-11-19(14)23(26)30-20)31-24(34)17-8-16(17)15-9-29-33(4)12-15/h5-7,9-11,15-17H,8,12H2,1-4H3,(H2,26,30)(H,28,31,34)/t15?,16-,17+/m1/s1. The van der Waals surface area contributed by atoms with Crippen molar-refractivity contribution in [3.05, 3.63) is 41.9 Å². The van der Waals surface area contributed by atoms with E-state index in [-0.39, 0.29) is 17.7 Å². The number of pyridine rings is 3. The minimum Gasteiger partial charge on any atom is -0.383 e. The van der Waals surface area contributed by atoms with E-state index in [1.807, 2.05) is 37.3 Å². The zero-order valence-corrected chi connectivity index (χ0v) is 20.2. The Balaban J connectivity index is 1.37. The fraction of sp³-hybridized carbons (Fsp3) is 0.360. The molecule has 35 heavy (non-hydrogen) atoms. The van der Waals surface area contributed by atoms with Gasteiger partial charge in [-0.15, -0.1) is 0 Å². The van der Waals surface area contributed by atoms with Gasteiger partial charge in [0, 0.05) is 69.1 Å². The van der Waals surface area contributed by atoms with Crippen LogP contribution in [0.5, 0.6) is 0 Å². The highest BCUT2D eigenvalue weighted by Crippen LogP contribution is 2.45. The first-order chi connectivity index (χ1) is 16.7. The maximum atomic E-state index is 12.8. The Morgan fingerprint density at radius 1 is 1.17 bits per heavy atom. The maximum Gasteiger partial charge on any atom is 0.271 e.